The fourth-order valence-electron chi connectivity index (χ4n) is 4.04. The molecule has 3 N–H and O–H groups in total. The first kappa shape index (κ1) is 24.1. The normalized spacial score (nSPS) is 11.5. The summed E-state index contributed by atoms with van der Waals surface area (Å²) in [6, 6.07) is 17.9. The predicted octanol–water partition coefficient (Wildman–Crippen LogP) is 4.37. The number of hydrogen-bond donors (Lipinski definition) is 2. The Balaban J connectivity index is 1.52. The van der Waals surface area contributed by atoms with Gasteiger partial charge >= 0.3 is 0 Å². The number of ketones is 1. The third kappa shape index (κ3) is 4.64. The third-order valence-electron chi connectivity index (χ3n) is 5.69. The molecule has 0 saturated carbocycles. The summed E-state index contributed by atoms with van der Waals surface area (Å²) in [6.07, 6.45) is 2.93. The Hall–Kier alpha value is -4.64. The molecule has 0 saturated heterocycles. The summed E-state index contributed by atoms with van der Waals surface area (Å²) in [7, 11) is -4.61. The van der Waals surface area contributed by atoms with Crippen LogP contribution in [0.4, 0.5) is 20.3 Å². The van der Waals surface area contributed by atoms with Gasteiger partial charge < -0.3 is 10.3 Å². The lowest BCUT2D eigenvalue weighted by Crippen LogP contribution is -2.16. The fourth-order valence-corrected chi connectivity index (χ4v) is 5.23. The Labute approximate surface area is 210 Å². The molecule has 0 fully saturated rings. The van der Waals surface area contributed by atoms with Gasteiger partial charge in [-0.2, -0.15) is 0 Å². The number of nitrogens with zero attached hydrogens (tertiary/aromatic N) is 3. The molecule has 0 spiro atoms. The lowest BCUT2D eigenvalue weighted by atomic mass is 10.0. The van der Waals surface area contributed by atoms with Gasteiger partial charge in [0.2, 0.25) is 0 Å². The number of hydrogen-bond acceptors (Lipinski definition) is 6. The molecule has 0 aliphatic rings. The van der Waals surface area contributed by atoms with Crippen LogP contribution in [0.3, 0.4) is 0 Å². The molecule has 2 aromatic heterocycles. The number of anilines is 2. The van der Waals surface area contributed by atoms with Crippen LogP contribution in [-0.2, 0) is 16.6 Å². The van der Waals surface area contributed by atoms with Crippen LogP contribution < -0.4 is 10.5 Å². The van der Waals surface area contributed by atoms with Crippen molar-refractivity contribution in [3.8, 4) is 0 Å². The van der Waals surface area contributed by atoms with Crippen LogP contribution in [0.25, 0.3) is 11.0 Å². The number of fused-ring (bicyclic) bond motifs is 1. The zero-order valence-electron chi connectivity index (χ0n) is 19.1. The number of aromatic nitrogens is 3. The molecule has 5 aromatic rings. The summed E-state index contributed by atoms with van der Waals surface area (Å²) in [6.45, 7) is 0.426. The summed E-state index contributed by atoms with van der Waals surface area (Å²) in [4.78, 5) is 20.8. The maximum Gasteiger partial charge on any atom is 0.267 e. The van der Waals surface area contributed by atoms with E-state index < -0.39 is 32.3 Å². The van der Waals surface area contributed by atoms with Crippen molar-refractivity contribution >= 4 is 38.3 Å². The molecule has 11 heteroatoms. The third-order valence-corrected chi connectivity index (χ3v) is 7.12. The molecule has 0 aliphatic carbocycles. The average molecular weight is 520 g/mol. The van der Waals surface area contributed by atoms with Crippen molar-refractivity contribution in [2.24, 2.45) is 0 Å². The molecule has 2 heterocycles. The first-order valence-electron chi connectivity index (χ1n) is 11.0. The summed E-state index contributed by atoms with van der Waals surface area (Å²) in [5, 5.41) is 0.364. The first-order chi connectivity index (χ1) is 17.7. The van der Waals surface area contributed by atoms with Gasteiger partial charge in [-0.25, -0.2) is 27.2 Å². The van der Waals surface area contributed by atoms with E-state index in [0.29, 0.717) is 17.6 Å². The molecule has 0 atom stereocenters. The lowest BCUT2D eigenvalue weighted by Gasteiger charge is -2.10. The van der Waals surface area contributed by atoms with E-state index in [9.17, 15) is 22.0 Å². The molecular weight excluding hydrogens is 500 g/mol. The Morgan fingerprint density at radius 3 is 2.38 bits per heavy atom. The zero-order valence-corrected chi connectivity index (χ0v) is 19.9. The van der Waals surface area contributed by atoms with Gasteiger partial charge in [-0.15, -0.1) is 0 Å². The van der Waals surface area contributed by atoms with Crippen molar-refractivity contribution in [1.82, 2.24) is 14.5 Å². The molecular formula is C26H19F2N5O3S. The Morgan fingerprint density at radius 2 is 1.65 bits per heavy atom. The SMILES string of the molecule is Nc1ncnc2c1c(C(=O)c1cccc(NS(=O)(=O)c3c(F)cccc3F)c1)cn2Cc1ccccc1. The summed E-state index contributed by atoms with van der Waals surface area (Å²) < 4.78 is 57.4. The van der Waals surface area contributed by atoms with Crippen LogP contribution in [0.2, 0.25) is 0 Å². The van der Waals surface area contributed by atoms with E-state index in [-0.39, 0.29) is 22.6 Å². The molecule has 3 aromatic carbocycles. The number of nitrogens with one attached hydrogen (secondary N) is 1. The van der Waals surface area contributed by atoms with E-state index in [1.165, 1.54) is 30.6 Å². The second-order valence-electron chi connectivity index (χ2n) is 8.18. The summed E-state index contributed by atoms with van der Waals surface area (Å²) >= 11 is 0. The van der Waals surface area contributed by atoms with Gasteiger partial charge in [-0.05, 0) is 29.8 Å². The smallest absolute Gasteiger partial charge is 0.267 e. The average Bonchev–Trinajstić information content (AvgIpc) is 3.23. The fraction of sp³-hybridized carbons (Fsp3) is 0.0385. The molecule has 0 amide bonds. The van der Waals surface area contributed by atoms with Crippen LogP contribution in [0, 0.1) is 11.6 Å². The van der Waals surface area contributed by atoms with Crippen molar-refractivity contribution in [3.63, 3.8) is 0 Å². The van der Waals surface area contributed by atoms with E-state index >= 15 is 0 Å². The molecule has 37 heavy (non-hydrogen) atoms. The molecule has 5 rings (SSSR count). The largest absolute Gasteiger partial charge is 0.383 e. The number of sulfonamides is 1. The second kappa shape index (κ2) is 9.43. The molecule has 8 nitrogen and oxygen atoms in total. The maximum atomic E-state index is 14.1. The number of nitrogen functional groups attached to an aromatic ring is 1. The van der Waals surface area contributed by atoms with Gasteiger partial charge in [-0.3, -0.25) is 9.52 Å². The van der Waals surface area contributed by atoms with Crippen LogP contribution in [0.5, 0.6) is 0 Å². The van der Waals surface area contributed by atoms with E-state index in [2.05, 4.69) is 14.7 Å². The maximum absolute atomic E-state index is 14.1. The topological polar surface area (TPSA) is 120 Å². The highest BCUT2D eigenvalue weighted by Crippen LogP contribution is 2.28. The number of benzene rings is 3. The molecule has 0 aliphatic heterocycles. The van der Waals surface area contributed by atoms with Crippen LogP contribution in [-0.4, -0.2) is 28.7 Å². The Kier molecular flexibility index (Phi) is 6.14. The highest BCUT2D eigenvalue weighted by Gasteiger charge is 2.25. The predicted molar refractivity (Wildman–Crippen MR) is 135 cm³/mol. The highest BCUT2D eigenvalue weighted by atomic mass is 32.2. The first-order valence-corrected chi connectivity index (χ1v) is 12.5. The van der Waals surface area contributed by atoms with Gasteiger partial charge in [0, 0.05) is 24.0 Å². The number of nitrogens with two attached hydrogens (primary N) is 1. The number of rotatable bonds is 7. The van der Waals surface area contributed by atoms with E-state index in [0.717, 1.165) is 23.8 Å². The van der Waals surface area contributed by atoms with Crippen molar-refractivity contribution < 1.29 is 22.0 Å². The van der Waals surface area contributed by atoms with Crippen LogP contribution >= 0.6 is 0 Å². The molecule has 0 bridgehead atoms. The van der Waals surface area contributed by atoms with Crippen LogP contribution in [0.1, 0.15) is 21.5 Å². The molecule has 186 valence electrons. The highest BCUT2D eigenvalue weighted by molar-refractivity contribution is 7.92. The lowest BCUT2D eigenvalue weighted by molar-refractivity contribution is 0.104. The Morgan fingerprint density at radius 1 is 0.946 bits per heavy atom. The minimum atomic E-state index is -4.61. The summed E-state index contributed by atoms with van der Waals surface area (Å²) in [5.41, 5.74) is 7.85. The van der Waals surface area contributed by atoms with Crippen LogP contribution in [0.15, 0.2) is 90.2 Å². The van der Waals surface area contributed by atoms with E-state index in [1.807, 2.05) is 30.3 Å². The van der Waals surface area contributed by atoms with E-state index in [1.54, 1.807) is 10.8 Å². The van der Waals surface area contributed by atoms with Crippen molar-refractivity contribution in [2.75, 3.05) is 10.5 Å². The monoisotopic (exact) mass is 519 g/mol. The Bertz CT molecular complexity index is 1740. The zero-order chi connectivity index (χ0) is 26.2. The van der Waals surface area contributed by atoms with Crippen molar-refractivity contribution in [3.05, 3.63) is 114 Å². The van der Waals surface area contributed by atoms with Crippen molar-refractivity contribution in [2.45, 2.75) is 11.4 Å². The van der Waals surface area contributed by atoms with Gasteiger partial charge in [0.1, 0.15) is 29.4 Å². The second-order valence-corrected chi connectivity index (χ2v) is 9.80. The number of carbonyl (C=O) groups is 1. The molecule has 0 radical (unpaired) electrons. The quantitative estimate of drug-likeness (QED) is 0.308. The van der Waals surface area contributed by atoms with E-state index in [4.69, 9.17) is 5.73 Å². The minimum absolute atomic E-state index is 0.0502. The summed E-state index contributed by atoms with van der Waals surface area (Å²) in [5.74, 6) is -2.81. The van der Waals surface area contributed by atoms with Crippen molar-refractivity contribution in [1.29, 1.82) is 0 Å². The van der Waals surface area contributed by atoms with Gasteiger partial charge in [-0.1, -0.05) is 48.5 Å². The van der Waals surface area contributed by atoms with Gasteiger partial charge in [0.05, 0.1) is 10.9 Å². The molecule has 0 unspecified atom stereocenters. The number of halogens is 2. The standard InChI is InChI=1S/C26H19F2N5O3S/c27-20-10-5-11-21(28)24(20)37(35,36)32-18-9-4-8-17(12-18)23(34)19-14-33(13-16-6-2-1-3-7-16)26-22(19)25(29)30-15-31-26/h1-12,14-15,32H,13H2,(H2,29,30,31). The van der Waals surface area contributed by atoms with Gasteiger partial charge in [0.25, 0.3) is 10.0 Å². The van der Waals surface area contributed by atoms with Gasteiger partial charge in [0.15, 0.2) is 10.7 Å². The number of carbonyl (C=O) groups excluding carboxylic acids is 1. The minimum Gasteiger partial charge on any atom is -0.383 e.